The fraction of sp³-hybridized carbons (Fsp3) is 0.125. The Hall–Kier alpha value is -7.26. The number of nitrogens with one attached hydrogen (secondary N) is 1. The van der Waals surface area contributed by atoms with Crippen molar-refractivity contribution >= 4 is 33.5 Å². The fourth-order valence-electron chi connectivity index (χ4n) is 8.51. The second kappa shape index (κ2) is 13.2. The summed E-state index contributed by atoms with van der Waals surface area (Å²) in [6.45, 7) is 12.9. The first-order valence-electron chi connectivity index (χ1n) is 19.2. The highest BCUT2D eigenvalue weighted by molar-refractivity contribution is 5.87. The van der Waals surface area contributed by atoms with Crippen molar-refractivity contribution in [2.24, 2.45) is 0 Å². The minimum Gasteiger partial charge on any atom is -0.276 e. The quantitative estimate of drug-likeness (QED) is 0.171. The zero-order chi connectivity index (χ0) is 38.9. The fourth-order valence-corrected chi connectivity index (χ4v) is 8.51. The van der Waals surface area contributed by atoms with Gasteiger partial charge in [-0.05, 0) is 130 Å². The third kappa shape index (κ3) is 5.45. The average Bonchev–Trinajstić information content (AvgIpc) is 3.90. The molecule has 0 radical (unpaired) electrons. The second-order valence-corrected chi connectivity index (χ2v) is 14.9. The number of benzene rings is 4. The Labute approximate surface area is 330 Å². The number of nitrogens with zero attached hydrogens (tertiary/aromatic N) is 8. The maximum atomic E-state index is 5.35. The van der Waals surface area contributed by atoms with Gasteiger partial charge in [-0.1, -0.05) is 54.6 Å². The molecule has 0 aliphatic carbocycles. The summed E-state index contributed by atoms with van der Waals surface area (Å²) < 4.78 is 6.69. The Morgan fingerprint density at radius 2 is 0.912 bits per heavy atom. The number of aromatic nitrogens is 9. The summed E-state index contributed by atoms with van der Waals surface area (Å²) in [5.41, 5.74) is 17.8. The molecule has 0 saturated heterocycles. The number of hydrogen-bond acceptors (Lipinski definition) is 5. The monoisotopic (exact) mass is 742 g/mol. The van der Waals surface area contributed by atoms with Crippen molar-refractivity contribution in [3.05, 3.63) is 161 Å². The summed E-state index contributed by atoms with van der Waals surface area (Å²) in [5.74, 6) is 2.46. The molecule has 0 unspecified atom stereocenters. The predicted octanol–water partition coefficient (Wildman–Crippen LogP) is 10.2. The van der Waals surface area contributed by atoms with Crippen LogP contribution >= 0.6 is 0 Å². The van der Waals surface area contributed by atoms with E-state index in [4.69, 9.17) is 24.9 Å². The van der Waals surface area contributed by atoms with Gasteiger partial charge in [-0.2, -0.15) is 4.57 Å². The Kier molecular flexibility index (Phi) is 7.93. The third-order valence-electron chi connectivity index (χ3n) is 11.0. The Morgan fingerprint density at radius 3 is 1.42 bits per heavy atom. The molecule has 0 aliphatic rings. The van der Waals surface area contributed by atoms with E-state index in [-0.39, 0.29) is 0 Å². The minimum absolute atomic E-state index is 0.782. The van der Waals surface area contributed by atoms with Crippen LogP contribution in [0.25, 0.3) is 84.7 Å². The summed E-state index contributed by atoms with van der Waals surface area (Å²) in [7, 11) is 0. The smallest absolute Gasteiger partial charge is 0.276 e. The van der Waals surface area contributed by atoms with Gasteiger partial charge in [0.05, 0.1) is 11.4 Å². The zero-order valence-electron chi connectivity index (χ0n) is 32.7. The molecule has 10 aromatic rings. The number of H-pyrrole nitrogens is 1. The SMILES string of the molecule is Cc1cccc(C)c1-n1c(-c2cc(-c3nc4cccnc4n3-c3c(C)cccc3C)cc(-c3[nH]c4cccnc4[n+]3-c3c(C)cccc3C)c2)nc2cccnc21. The first-order valence-corrected chi connectivity index (χ1v) is 19.2. The minimum atomic E-state index is 0.782. The van der Waals surface area contributed by atoms with E-state index in [2.05, 4.69) is 139 Å². The molecule has 57 heavy (non-hydrogen) atoms. The van der Waals surface area contributed by atoms with Crippen molar-refractivity contribution in [2.45, 2.75) is 41.5 Å². The molecule has 10 rings (SSSR count). The van der Waals surface area contributed by atoms with Crippen LogP contribution in [0.3, 0.4) is 0 Å². The van der Waals surface area contributed by atoms with Gasteiger partial charge in [0.2, 0.25) is 5.82 Å². The summed E-state index contributed by atoms with van der Waals surface area (Å²) >= 11 is 0. The summed E-state index contributed by atoms with van der Waals surface area (Å²) in [6.07, 6.45) is 5.53. The van der Waals surface area contributed by atoms with Gasteiger partial charge in [0.15, 0.2) is 16.8 Å². The number of aromatic amines is 1. The van der Waals surface area contributed by atoms with E-state index >= 15 is 0 Å². The number of rotatable bonds is 6. The lowest BCUT2D eigenvalue weighted by molar-refractivity contribution is -0.557. The van der Waals surface area contributed by atoms with E-state index in [1.807, 2.05) is 48.9 Å². The number of fused-ring (bicyclic) bond motifs is 3. The van der Waals surface area contributed by atoms with Crippen LogP contribution in [0.1, 0.15) is 33.4 Å². The molecule has 0 atom stereocenters. The molecule has 6 aromatic heterocycles. The summed E-state index contributed by atoms with van der Waals surface area (Å²) in [5, 5.41) is 0. The second-order valence-electron chi connectivity index (χ2n) is 14.9. The third-order valence-corrected chi connectivity index (χ3v) is 11.0. The van der Waals surface area contributed by atoms with E-state index in [9.17, 15) is 0 Å². The van der Waals surface area contributed by atoms with Crippen LogP contribution in [0.2, 0.25) is 0 Å². The van der Waals surface area contributed by atoms with E-state index in [1.54, 1.807) is 0 Å². The molecule has 0 spiro atoms. The molecule has 0 aliphatic heterocycles. The van der Waals surface area contributed by atoms with E-state index in [1.165, 1.54) is 0 Å². The van der Waals surface area contributed by atoms with Crippen molar-refractivity contribution in [2.75, 3.05) is 0 Å². The van der Waals surface area contributed by atoms with Gasteiger partial charge in [0, 0.05) is 29.1 Å². The number of para-hydroxylation sites is 3. The van der Waals surface area contributed by atoms with Crippen LogP contribution in [0.15, 0.2) is 128 Å². The summed E-state index contributed by atoms with van der Waals surface area (Å²) in [6, 6.07) is 37.9. The Bertz CT molecular complexity index is 2800. The van der Waals surface area contributed by atoms with Crippen LogP contribution in [-0.4, -0.2) is 39.0 Å². The van der Waals surface area contributed by atoms with E-state index < -0.39 is 0 Å². The normalized spacial score (nSPS) is 11.7. The highest BCUT2D eigenvalue weighted by Gasteiger charge is 2.28. The zero-order valence-corrected chi connectivity index (χ0v) is 32.7. The predicted molar refractivity (Wildman–Crippen MR) is 227 cm³/mol. The van der Waals surface area contributed by atoms with Crippen molar-refractivity contribution in [1.29, 1.82) is 0 Å². The van der Waals surface area contributed by atoms with Crippen LogP contribution in [0.5, 0.6) is 0 Å². The molecule has 9 heteroatoms. The van der Waals surface area contributed by atoms with Crippen molar-refractivity contribution < 1.29 is 4.57 Å². The highest BCUT2D eigenvalue weighted by atomic mass is 15.2. The molecule has 6 heterocycles. The van der Waals surface area contributed by atoms with Gasteiger partial charge in [0.25, 0.3) is 0 Å². The lowest BCUT2D eigenvalue weighted by Crippen LogP contribution is -2.34. The lowest BCUT2D eigenvalue weighted by atomic mass is 10.0. The van der Waals surface area contributed by atoms with E-state index in [0.29, 0.717) is 0 Å². The summed E-state index contributed by atoms with van der Waals surface area (Å²) in [4.78, 5) is 29.2. The van der Waals surface area contributed by atoms with Crippen molar-refractivity contribution in [3.63, 3.8) is 0 Å². The molecule has 1 N–H and O–H groups in total. The number of hydrogen-bond donors (Lipinski definition) is 1. The van der Waals surface area contributed by atoms with Crippen LogP contribution in [0.4, 0.5) is 0 Å². The average molecular weight is 743 g/mol. The Morgan fingerprint density at radius 1 is 0.474 bits per heavy atom. The van der Waals surface area contributed by atoms with Gasteiger partial charge in [-0.25, -0.2) is 19.9 Å². The first-order chi connectivity index (χ1) is 27.8. The van der Waals surface area contributed by atoms with Gasteiger partial charge in [-0.3, -0.25) is 14.1 Å². The van der Waals surface area contributed by atoms with Crippen LogP contribution in [0, 0.1) is 41.5 Å². The first kappa shape index (κ1) is 34.2. The van der Waals surface area contributed by atoms with Gasteiger partial charge < -0.3 is 0 Å². The molecule has 0 saturated carbocycles. The number of aryl methyl sites for hydroxylation is 6. The van der Waals surface area contributed by atoms with Crippen LogP contribution in [-0.2, 0) is 0 Å². The van der Waals surface area contributed by atoms with Crippen molar-refractivity contribution in [1.82, 2.24) is 39.0 Å². The maximum absolute atomic E-state index is 5.35. The Balaban J connectivity index is 1.35. The molecule has 4 aromatic carbocycles. The largest absolute Gasteiger partial charge is 0.307 e. The molecule has 9 nitrogen and oxygen atoms in total. The van der Waals surface area contributed by atoms with Gasteiger partial charge in [-0.15, -0.1) is 4.98 Å². The molecule has 276 valence electrons. The highest BCUT2D eigenvalue weighted by Crippen LogP contribution is 2.38. The molecular formula is C48H40N9+. The molecule has 0 bridgehead atoms. The van der Waals surface area contributed by atoms with Gasteiger partial charge in [0.1, 0.15) is 34.6 Å². The topological polar surface area (TPSA) is 94.0 Å². The maximum Gasteiger partial charge on any atom is 0.307 e. The van der Waals surface area contributed by atoms with E-state index in [0.717, 1.165) is 118 Å². The van der Waals surface area contributed by atoms with Crippen molar-refractivity contribution in [3.8, 4) is 51.2 Å². The molecule has 0 fully saturated rings. The standard InChI is InChI=1S/C48H39N9/c1-28-13-7-14-29(2)40(28)55-43(52-37-19-10-22-49-46(37)55)34-25-35(44-53-38-20-11-23-50-47(38)56(44)41-30(3)15-8-16-31(41)4)27-36(26-34)45-54-39-21-12-24-51-48(39)57(45)42-32(5)17-9-18-33(42)6/h7-27H,1-6H3/p+1. The lowest BCUT2D eigenvalue weighted by Gasteiger charge is -2.17. The molecule has 0 amide bonds. The number of pyridine rings is 3. The number of imidazole rings is 3. The van der Waals surface area contributed by atoms with Crippen LogP contribution < -0.4 is 4.57 Å². The van der Waals surface area contributed by atoms with Gasteiger partial charge >= 0.3 is 5.65 Å². The molecular weight excluding hydrogens is 703 g/mol.